The Bertz CT molecular complexity index is 536. The molecule has 2 atom stereocenters. The summed E-state index contributed by atoms with van der Waals surface area (Å²) in [6.07, 6.45) is 1.54. The van der Waals surface area contributed by atoms with Crippen LogP contribution in [0.3, 0.4) is 0 Å². The summed E-state index contributed by atoms with van der Waals surface area (Å²) in [5.74, 6) is 1.32. The SMILES string of the molecule is CCC(C)C(N)C(=O)NCCc1cc(Cl)c2c(c1)OCCO2. The third-order valence-electron chi connectivity index (χ3n) is 3.93. The predicted molar refractivity (Wildman–Crippen MR) is 86.6 cm³/mol. The highest BCUT2D eigenvalue weighted by atomic mass is 35.5. The fourth-order valence-electron chi connectivity index (χ4n) is 2.27. The Morgan fingerprint density at radius 3 is 2.86 bits per heavy atom. The van der Waals surface area contributed by atoms with Crippen molar-refractivity contribution in [2.75, 3.05) is 19.8 Å². The number of nitrogens with two attached hydrogens (primary N) is 1. The normalized spacial score (nSPS) is 16.0. The smallest absolute Gasteiger partial charge is 0.237 e. The fourth-order valence-corrected chi connectivity index (χ4v) is 2.56. The summed E-state index contributed by atoms with van der Waals surface area (Å²) in [6, 6.07) is 3.28. The van der Waals surface area contributed by atoms with Crippen LogP contribution in [0.2, 0.25) is 5.02 Å². The maximum atomic E-state index is 11.9. The van der Waals surface area contributed by atoms with E-state index in [0.29, 0.717) is 42.7 Å². The van der Waals surface area contributed by atoms with Crippen molar-refractivity contribution in [2.45, 2.75) is 32.7 Å². The molecule has 0 saturated carbocycles. The van der Waals surface area contributed by atoms with E-state index in [1.165, 1.54) is 0 Å². The highest BCUT2D eigenvalue weighted by Crippen LogP contribution is 2.38. The highest BCUT2D eigenvalue weighted by Gasteiger charge is 2.19. The van der Waals surface area contributed by atoms with Crippen molar-refractivity contribution < 1.29 is 14.3 Å². The fraction of sp³-hybridized carbons (Fsp3) is 0.562. The van der Waals surface area contributed by atoms with Gasteiger partial charge in [0.25, 0.3) is 0 Å². The number of nitrogens with one attached hydrogen (secondary N) is 1. The molecule has 3 N–H and O–H groups in total. The Kier molecular flexibility index (Phi) is 5.91. The first-order valence-electron chi connectivity index (χ1n) is 7.64. The summed E-state index contributed by atoms with van der Waals surface area (Å²) in [5.41, 5.74) is 6.89. The van der Waals surface area contributed by atoms with Crippen LogP contribution in [-0.2, 0) is 11.2 Å². The lowest BCUT2D eigenvalue weighted by Crippen LogP contribution is -2.45. The molecule has 0 aromatic heterocycles. The average Bonchev–Trinajstić information content (AvgIpc) is 2.53. The molecule has 1 heterocycles. The lowest BCUT2D eigenvalue weighted by atomic mass is 9.99. The number of fused-ring (bicyclic) bond motifs is 1. The molecule has 0 aliphatic carbocycles. The maximum absolute atomic E-state index is 11.9. The van der Waals surface area contributed by atoms with Gasteiger partial charge >= 0.3 is 0 Å². The molecular formula is C16H23ClN2O3. The number of rotatable bonds is 6. The van der Waals surface area contributed by atoms with Crippen molar-refractivity contribution in [2.24, 2.45) is 11.7 Å². The zero-order chi connectivity index (χ0) is 16.1. The van der Waals surface area contributed by atoms with Crippen LogP contribution in [0.1, 0.15) is 25.8 Å². The molecule has 1 aromatic carbocycles. The number of hydrogen-bond acceptors (Lipinski definition) is 4. The van der Waals surface area contributed by atoms with Crippen LogP contribution in [0.4, 0.5) is 0 Å². The molecule has 1 aromatic rings. The number of amides is 1. The molecule has 0 spiro atoms. The van der Waals surface area contributed by atoms with Gasteiger partial charge in [0.1, 0.15) is 13.2 Å². The number of ether oxygens (including phenoxy) is 2. The van der Waals surface area contributed by atoms with Gasteiger partial charge in [0.05, 0.1) is 11.1 Å². The molecule has 0 saturated heterocycles. The van der Waals surface area contributed by atoms with E-state index in [4.69, 9.17) is 26.8 Å². The van der Waals surface area contributed by atoms with Gasteiger partial charge in [-0.25, -0.2) is 0 Å². The van der Waals surface area contributed by atoms with E-state index in [2.05, 4.69) is 5.32 Å². The van der Waals surface area contributed by atoms with Crippen LogP contribution in [0.15, 0.2) is 12.1 Å². The minimum absolute atomic E-state index is 0.113. The topological polar surface area (TPSA) is 73.6 Å². The van der Waals surface area contributed by atoms with E-state index in [1.54, 1.807) is 0 Å². The van der Waals surface area contributed by atoms with Crippen LogP contribution in [0, 0.1) is 5.92 Å². The zero-order valence-electron chi connectivity index (χ0n) is 13.0. The summed E-state index contributed by atoms with van der Waals surface area (Å²) in [5, 5.41) is 3.40. The monoisotopic (exact) mass is 326 g/mol. The minimum atomic E-state index is -0.464. The standard InChI is InChI=1S/C16H23ClN2O3/c1-3-10(2)14(18)16(20)19-5-4-11-8-12(17)15-13(9-11)21-6-7-22-15/h8-10,14H,3-7,18H2,1-2H3,(H,19,20). The molecule has 6 heteroatoms. The largest absolute Gasteiger partial charge is 0.486 e. The van der Waals surface area contributed by atoms with Crippen molar-refractivity contribution in [3.63, 3.8) is 0 Å². The highest BCUT2D eigenvalue weighted by molar-refractivity contribution is 6.32. The van der Waals surface area contributed by atoms with Crippen LogP contribution in [0.5, 0.6) is 11.5 Å². The lowest BCUT2D eigenvalue weighted by molar-refractivity contribution is -0.123. The van der Waals surface area contributed by atoms with Crippen LogP contribution in [0.25, 0.3) is 0 Å². The molecule has 2 unspecified atom stereocenters. The summed E-state index contributed by atoms with van der Waals surface area (Å²) in [6.45, 7) is 5.54. The van der Waals surface area contributed by atoms with Crippen molar-refractivity contribution in [3.8, 4) is 11.5 Å². The van der Waals surface area contributed by atoms with Gasteiger partial charge in [0, 0.05) is 6.54 Å². The van der Waals surface area contributed by atoms with E-state index in [0.717, 1.165) is 12.0 Å². The van der Waals surface area contributed by atoms with Crippen LogP contribution < -0.4 is 20.5 Å². The quantitative estimate of drug-likeness (QED) is 0.840. The van der Waals surface area contributed by atoms with Crippen molar-refractivity contribution in [1.29, 1.82) is 0 Å². The van der Waals surface area contributed by atoms with E-state index in [9.17, 15) is 4.79 Å². The second-order valence-corrected chi connectivity index (χ2v) is 5.96. The van der Waals surface area contributed by atoms with Crippen LogP contribution >= 0.6 is 11.6 Å². The summed E-state index contributed by atoms with van der Waals surface area (Å²) < 4.78 is 11.0. The molecule has 0 bridgehead atoms. The zero-order valence-corrected chi connectivity index (χ0v) is 13.8. The predicted octanol–water partition coefficient (Wildman–Crippen LogP) is 2.14. The van der Waals surface area contributed by atoms with Gasteiger partial charge in [-0.1, -0.05) is 31.9 Å². The molecule has 2 rings (SSSR count). The maximum Gasteiger partial charge on any atom is 0.237 e. The first kappa shape index (κ1) is 16.9. The summed E-state index contributed by atoms with van der Waals surface area (Å²) >= 11 is 6.19. The number of halogens is 1. The van der Waals surface area contributed by atoms with Gasteiger partial charge in [0.15, 0.2) is 11.5 Å². The Morgan fingerprint density at radius 2 is 2.14 bits per heavy atom. The summed E-state index contributed by atoms with van der Waals surface area (Å²) in [7, 11) is 0. The Balaban J connectivity index is 1.90. The van der Waals surface area contributed by atoms with Crippen molar-refractivity contribution in [3.05, 3.63) is 22.7 Å². The lowest BCUT2D eigenvalue weighted by Gasteiger charge is -2.20. The second kappa shape index (κ2) is 7.70. The van der Waals surface area contributed by atoms with E-state index >= 15 is 0 Å². The van der Waals surface area contributed by atoms with Crippen molar-refractivity contribution >= 4 is 17.5 Å². The van der Waals surface area contributed by atoms with E-state index in [1.807, 2.05) is 26.0 Å². The molecule has 1 aliphatic heterocycles. The van der Waals surface area contributed by atoms with Gasteiger partial charge in [-0.2, -0.15) is 0 Å². The average molecular weight is 327 g/mol. The van der Waals surface area contributed by atoms with Crippen LogP contribution in [-0.4, -0.2) is 31.7 Å². The molecule has 22 heavy (non-hydrogen) atoms. The van der Waals surface area contributed by atoms with Gasteiger partial charge < -0.3 is 20.5 Å². The van der Waals surface area contributed by atoms with E-state index in [-0.39, 0.29) is 11.8 Å². The van der Waals surface area contributed by atoms with Gasteiger partial charge in [0.2, 0.25) is 5.91 Å². The number of carbonyl (C=O) groups is 1. The second-order valence-electron chi connectivity index (χ2n) is 5.55. The number of benzene rings is 1. The van der Waals surface area contributed by atoms with Gasteiger partial charge in [-0.05, 0) is 30.0 Å². The summed E-state index contributed by atoms with van der Waals surface area (Å²) in [4.78, 5) is 11.9. The Morgan fingerprint density at radius 1 is 1.41 bits per heavy atom. The third-order valence-corrected chi connectivity index (χ3v) is 4.21. The number of carbonyl (C=O) groups excluding carboxylic acids is 1. The Hall–Kier alpha value is -1.46. The van der Waals surface area contributed by atoms with E-state index < -0.39 is 6.04 Å². The first-order valence-corrected chi connectivity index (χ1v) is 8.02. The van der Waals surface area contributed by atoms with Crippen molar-refractivity contribution in [1.82, 2.24) is 5.32 Å². The molecule has 0 fully saturated rings. The molecule has 122 valence electrons. The van der Waals surface area contributed by atoms with Gasteiger partial charge in [-0.15, -0.1) is 0 Å². The minimum Gasteiger partial charge on any atom is -0.486 e. The molecule has 1 aliphatic rings. The molecular weight excluding hydrogens is 304 g/mol. The van der Waals surface area contributed by atoms with Gasteiger partial charge in [-0.3, -0.25) is 4.79 Å². The third kappa shape index (κ3) is 4.05. The Labute approximate surface area is 136 Å². The number of hydrogen-bond donors (Lipinski definition) is 2. The molecule has 5 nitrogen and oxygen atoms in total. The molecule has 0 radical (unpaired) electrons. The molecule has 1 amide bonds. The first-order chi connectivity index (χ1) is 10.5.